The van der Waals surface area contributed by atoms with E-state index in [2.05, 4.69) is 9.62 Å². The van der Waals surface area contributed by atoms with Crippen LogP contribution >= 0.6 is 11.3 Å². The summed E-state index contributed by atoms with van der Waals surface area (Å²) in [5.41, 5.74) is 0. The van der Waals surface area contributed by atoms with Gasteiger partial charge in [-0.25, -0.2) is 13.1 Å². The molecule has 0 spiro atoms. The molecule has 7 heteroatoms. The molecule has 0 saturated carbocycles. The SMILES string of the molecule is O=S(=O)(NC[C@H](c1ccco1)N1CCCCC1)c1cccs1. The molecule has 1 saturated heterocycles. The first-order valence-corrected chi connectivity index (χ1v) is 9.84. The van der Waals surface area contributed by atoms with E-state index in [1.54, 1.807) is 23.8 Å². The van der Waals surface area contributed by atoms with Crippen LogP contribution in [0.1, 0.15) is 31.1 Å². The second-order valence-corrected chi connectivity index (χ2v) is 8.35. The molecule has 0 amide bonds. The minimum Gasteiger partial charge on any atom is -0.468 e. The van der Waals surface area contributed by atoms with Crippen molar-refractivity contribution < 1.29 is 12.8 Å². The average Bonchev–Trinajstić information content (AvgIpc) is 3.22. The van der Waals surface area contributed by atoms with Crippen LogP contribution in [-0.4, -0.2) is 33.0 Å². The van der Waals surface area contributed by atoms with E-state index in [1.807, 2.05) is 12.1 Å². The second-order valence-electron chi connectivity index (χ2n) is 5.41. The molecule has 22 heavy (non-hydrogen) atoms. The molecule has 3 rings (SSSR count). The van der Waals surface area contributed by atoms with Crippen molar-refractivity contribution in [2.75, 3.05) is 19.6 Å². The summed E-state index contributed by atoms with van der Waals surface area (Å²) in [6, 6.07) is 7.08. The molecule has 0 bridgehead atoms. The van der Waals surface area contributed by atoms with Crippen LogP contribution in [0.5, 0.6) is 0 Å². The number of hydrogen-bond acceptors (Lipinski definition) is 5. The number of rotatable bonds is 6. The molecule has 120 valence electrons. The number of nitrogens with zero attached hydrogens (tertiary/aromatic N) is 1. The quantitative estimate of drug-likeness (QED) is 0.878. The van der Waals surface area contributed by atoms with Crippen LogP contribution in [0.4, 0.5) is 0 Å². The van der Waals surface area contributed by atoms with Crippen molar-refractivity contribution >= 4 is 21.4 Å². The van der Waals surface area contributed by atoms with E-state index >= 15 is 0 Å². The summed E-state index contributed by atoms with van der Waals surface area (Å²) in [5.74, 6) is 0.816. The second kappa shape index (κ2) is 6.95. The Balaban J connectivity index is 1.73. The van der Waals surface area contributed by atoms with Crippen molar-refractivity contribution in [3.05, 3.63) is 41.7 Å². The molecule has 0 radical (unpaired) electrons. The molecule has 0 aliphatic carbocycles. The Kier molecular flexibility index (Phi) is 4.97. The summed E-state index contributed by atoms with van der Waals surface area (Å²) >= 11 is 1.23. The summed E-state index contributed by atoms with van der Waals surface area (Å²) in [6.45, 7) is 2.28. The van der Waals surface area contributed by atoms with Gasteiger partial charge in [0.05, 0.1) is 12.3 Å². The third kappa shape index (κ3) is 3.60. The van der Waals surface area contributed by atoms with Crippen LogP contribution in [0.15, 0.2) is 44.5 Å². The lowest BCUT2D eigenvalue weighted by molar-refractivity contribution is 0.147. The first kappa shape index (κ1) is 15.7. The van der Waals surface area contributed by atoms with Gasteiger partial charge in [-0.05, 0) is 49.5 Å². The molecule has 2 aromatic heterocycles. The number of furan rings is 1. The van der Waals surface area contributed by atoms with E-state index in [0.717, 1.165) is 31.7 Å². The Morgan fingerprint density at radius 2 is 2.05 bits per heavy atom. The molecule has 3 heterocycles. The maximum Gasteiger partial charge on any atom is 0.250 e. The van der Waals surface area contributed by atoms with E-state index in [4.69, 9.17) is 4.42 Å². The predicted molar refractivity (Wildman–Crippen MR) is 86.4 cm³/mol. The average molecular weight is 340 g/mol. The van der Waals surface area contributed by atoms with Crippen LogP contribution in [0.25, 0.3) is 0 Å². The molecular weight excluding hydrogens is 320 g/mol. The molecule has 1 N–H and O–H groups in total. The fourth-order valence-corrected chi connectivity index (χ4v) is 4.87. The zero-order valence-electron chi connectivity index (χ0n) is 12.3. The molecule has 0 unspecified atom stereocenters. The third-order valence-electron chi connectivity index (χ3n) is 3.93. The lowest BCUT2D eigenvalue weighted by Gasteiger charge is -2.33. The van der Waals surface area contributed by atoms with Gasteiger partial charge >= 0.3 is 0 Å². The topological polar surface area (TPSA) is 62.6 Å². The van der Waals surface area contributed by atoms with Crippen LogP contribution in [0, 0.1) is 0 Å². The Morgan fingerprint density at radius 1 is 1.23 bits per heavy atom. The Labute approximate surface area is 135 Å². The van der Waals surface area contributed by atoms with Crippen molar-refractivity contribution in [1.82, 2.24) is 9.62 Å². The normalized spacial score (nSPS) is 18.4. The highest BCUT2D eigenvalue weighted by molar-refractivity contribution is 7.91. The maximum absolute atomic E-state index is 12.3. The highest BCUT2D eigenvalue weighted by Crippen LogP contribution is 2.25. The van der Waals surface area contributed by atoms with Crippen LogP contribution in [0.3, 0.4) is 0 Å². The summed E-state index contributed by atoms with van der Waals surface area (Å²) < 4.78 is 33.2. The standard InChI is InChI=1S/C15H20N2O3S2/c18-22(19,15-7-5-11-21-15)16-12-13(14-6-4-10-20-14)17-8-2-1-3-9-17/h4-7,10-11,13,16H,1-3,8-9,12H2/t13-/m1/s1. The van der Waals surface area contributed by atoms with E-state index < -0.39 is 10.0 Å². The summed E-state index contributed by atoms with van der Waals surface area (Å²) in [7, 11) is -3.44. The zero-order valence-corrected chi connectivity index (χ0v) is 13.9. The van der Waals surface area contributed by atoms with Crippen LogP contribution < -0.4 is 4.72 Å². The molecular formula is C15H20N2O3S2. The van der Waals surface area contributed by atoms with Crippen LogP contribution in [-0.2, 0) is 10.0 Å². The number of thiophene rings is 1. The van der Waals surface area contributed by atoms with Gasteiger partial charge in [0.25, 0.3) is 0 Å². The van der Waals surface area contributed by atoms with Gasteiger partial charge in [0.1, 0.15) is 9.97 Å². The number of hydrogen-bond donors (Lipinski definition) is 1. The van der Waals surface area contributed by atoms with Gasteiger partial charge in [-0.2, -0.15) is 0 Å². The number of likely N-dealkylation sites (tertiary alicyclic amines) is 1. The lowest BCUT2D eigenvalue weighted by Crippen LogP contribution is -2.40. The fraction of sp³-hybridized carbons (Fsp3) is 0.467. The highest BCUT2D eigenvalue weighted by Gasteiger charge is 2.26. The summed E-state index contributed by atoms with van der Waals surface area (Å²) in [5, 5.41) is 1.77. The molecule has 1 atom stereocenters. The molecule has 1 aliphatic rings. The number of piperidine rings is 1. The van der Waals surface area contributed by atoms with Gasteiger partial charge in [0.15, 0.2) is 0 Å². The highest BCUT2D eigenvalue weighted by atomic mass is 32.2. The summed E-state index contributed by atoms with van der Waals surface area (Å²) in [6.07, 6.45) is 5.17. The molecule has 1 aliphatic heterocycles. The van der Waals surface area contributed by atoms with Crippen molar-refractivity contribution in [1.29, 1.82) is 0 Å². The van der Waals surface area contributed by atoms with E-state index in [9.17, 15) is 8.42 Å². The minimum atomic E-state index is -3.44. The minimum absolute atomic E-state index is 0.0509. The Hall–Kier alpha value is -1.15. The van der Waals surface area contributed by atoms with Gasteiger partial charge in [-0.3, -0.25) is 4.90 Å². The fourth-order valence-electron chi connectivity index (χ4n) is 2.80. The first-order valence-electron chi connectivity index (χ1n) is 7.47. The smallest absolute Gasteiger partial charge is 0.250 e. The van der Waals surface area contributed by atoms with Gasteiger partial charge in [-0.1, -0.05) is 12.5 Å². The van der Waals surface area contributed by atoms with Crippen molar-refractivity contribution in [3.8, 4) is 0 Å². The Bertz CT molecular complexity index is 660. The van der Waals surface area contributed by atoms with Gasteiger partial charge in [0, 0.05) is 6.54 Å². The third-order valence-corrected chi connectivity index (χ3v) is 6.75. The van der Waals surface area contributed by atoms with Gasteiger partial charge in [-0.15, -0.1) is 11.3 Å². The van der Waals surface area contributed by atoms with Crippen LogP contribution in [0.2, 0.25) is 0 Å². The first-order chi connectivity index (χ1) is 10.7. The summed E-state index contributed by atoms with van der Waals surface area (Å²) in [4.78, 5) is 2.30. The monoisotopic (exact) mass is 340 g/mol. The van der Waals surface area contributed by atoms with Crippen molar-refractivity contribution in [2.45, 2.75) is 29.5 Å². The molecule has 2 aromatic rings. The predicted octanol–water partition coefficient (Wildman–Crippen LogP) is 2.85. The number of nitrogens with one attached hydrogen (secondary N) is 1. The molecule has 5 nitrogen and oxygen atoms in total. The van der Waals surface area contributed by atoms with Crippen molar-refractivity contribution in [3.63, 3.8) is 0 Å². The van der Waals surface area contributed by atoms with E-state index in [1.165, 1.54) is 17.8 Å². The zero-order chi connectivity index (χ0) is 15.4. The molecule has 0 aromatic carbocycles. The van der Waals surface area contributed by atoms with Gasteiger partial charge in [0.2, 0.25) is 10.0 Å². The largest absolute Gasteiger partial charge is 0.468 e. The maximum atomic E-state index is 12.3. The van der Waals surface area contributed by atoms with Gasteiger partial charge < -0.3 is 4.42 Å². The van der Waals surface area contributed by atoms with E-state index in [0.29, 0.717) is 10.8 Å². The Morgan fingerprint density at radius 3 is 2.68 bits per heavy atom. The number of sulfonamides is 1. The van der Waals surface area contributed by atoms with Crippen molar-refractivity contribution in [2.24, 2.45) is 0 Å². The van der Waals surface area contributed by atoms with E-state index in [-0.39, 0.29) is 6.04 Å². The molecule has 1 fully saturated rings. The lowest BCUT2D eigenvalue weighted by atomic mass is 10.1.